The van der Waals surface area contributed by atoms with E-state index in [1.165, 1.54) is 16.7 Å². The third-order valence-electron chi connectivity index (χ3n) is 3.18. The third-order valence-corrected chi connectivity index (χ3v) is 4.67. The number of hydrogen-bond acceptors (Lipinski definition) is 5. The van der Waals surface area contributed by atoms with Crippen LogP contribution in [0, 0.1) is 0 Å². The first-order valence-corrected chi connectivity index (χ1v) is 7.47. The normalized spacial score (nSPS) is 17.0. The van der Waals surface area contributed by atoms with Crippen molar-refractivity contribution in [2.24, 2.45) is 0 Å². The van der Waals surface area contributed by atoms with Gasteiger partial charge in [0.2, 0.25) is 0 Å². The molecule has 0 radical (unpaired) electrons. The van der Waals surface area contributed by atoms with Crippen LogP contribution in [-0.4, -0.2) is 34.3 Å². The molecule has 2 aromatic rings. The number of thioether (sulfide) groups is 1. The summed E-state index contributed by atoms with van der Waals surface area (Å²) in [4.78, 5) is 18.6. The molecule has 4 nitrogen and oxygen atoms in total. The van der Waals surface area contributed by atoms with E-state index in [0.717, 1.165) is 22.3 Å². The largest absolute Gasteiger partial charge is 0.497 e. The first kappa shape index (κ1) is 14.0. The van der Waals surface area contributed by atoms with E-state index in [0.29, 0.717) is 9.23 Å². The lowest BCUT2D eigenvalue weighted by molar-refractivity contribution is -0.121. The summed E-state index contributed by atoms with van der Waals surface area (Å²) in [6.45, 7) is 0. The molecule has 1 saturated heterocycles. The Kier molecular flexibility index (Phi) is 3.65. The molecule has 0 N–H and O–H groups in total. The van der Waals surface area contributed by atoms with E-state index >= 15 is 0 Å². The van der Waals surface area contributed by atoms with Crippen LogP contribution in [0.1, 0.15) is 5.69 Å². The molecule has 0 bridgehead atoms. The first-order valence-electron chi connectivity index (χ1n) is 6.25. The van der Waals surface area contributed by atoms with Gasteiger partial charge in [-0.15, -0.1) is 0 Å². The average molecular weight is 316 g/mol. The standard InChI is InChI=1S/C15H12N2O2S2/c1-17-14(18)13(21-15(17)20)8-10-4-3-9-7-11(19-2)5-6-12(9)16-10/h3-8H,1-2H3/b13-8-. The Labute approximate surface area is 131 Å². The highest BCUT2D eigenvalue weighted by atomic mass is 32.2. The number of ether oxygens (including phenoxy) is 1. The number of benzene rings is 1. The summed E-state index contributed by atoms with van der Waals surface area (Å²) < 4.78 is 5.76. The lowest BCUT2D eigenvalue weighted by atomic mass is 10.2. The molecule has 0 aliphatic carbocycles. The van der Waals surface area contributed by atoms with Crippen molar-refractivity contribution in [1.29, 1.82) is 0 Å². The number of fused-ring (bicyclic) bond motifs is 1. The molecule has 21 heavy (non-hydrogen) atoms. The fourth-order valence-electron chi connectivity index (χ4n) is 2.01. The summed E-state index contributed by atoms with van der Waals surface area (Å²) in [7, 11) is 3.31. The minimum atomic E-state index is -0.0818. The number of methoxy groups -OCH3 is 1. The van der Waals surface area contributed by atoms with Crippen LogP contribution in [0.5, 0.6) is 5.75 Å². The van der Waals surface area contributed by atoms with Crippen LogP contribution in [0.2, 0.25) is 0 Å². The van der Waals surface area contributed by atoms with E-state index in [9.17, 15) is 4.79 Å². The zero-order valence-electron chi connectivity index (χ0n) is 11.5. The topological polar surface area (TPSA) is 42.4 Å². The first-order chi connectivity index (χ1) is 10.1. The predicted octanol–water partition coefficient (Wildman–Crippen LogP) is 3.07. The Morgan fingerprint density at radius 2 is 2.14 bits per heavy atom. The molecule has 6 heteroatoms. The van der Waals surface area contributed by atoms with Gasteiger partial charge in [-0.3, -0.25) is 9.69 Å². The number of hydrogen-bond donors (Lipinski definition) is 0. The number of likely N-dealkylation sites (N-methyl/N-ethyl adjacent to an activating group) is 1. The number of thiocarbonyl (C=S) groups is 1. The molecule has 1 fully saturated rings. The van der Waals surface area contributed by atoms with Crippen molar-refractivity contribution in [2.45, 2.75) is 0 Å². The van der Waals surface area contributed by atoms with Crippen LogP contribution in [-0.2, 0) is 4.79 Å². The van der Waals surface area contributed by atoms with Crippen molar-refractivity contribution < 1.29 is 9.53 Å². The Morgan fingerprint density at radius 3 is 2.81 bits per heavy atom. The molecule has 0 saturated carbocycles. The molecule has 1 aromatic heterocycles. The molecule has 3 rings (SSSR count). The van der Waals surface area contributed by atoms with Crippen molar-refractivity contribution in [3.05, 3.63) is 40.9 Å². The van der Waals surface area contributed by atoms with Crippen molar-refractivity contribution in [3.8, 4) is 5.75 Å². The summed E-state index contributed by atoms with van der Waals surface area (Å²) in [5.41, 5.74) is 1.60. The maximum absolute atomic E-state index is 12.0. The lowest BCUT2D eigenvalue weighted by Gasteiger charge is -2.04. The second kappa shape index (κ2) is 5.46. The molecule has 0 unspecified atom stereocenters. The molecule has 1 aliphatic rings. The number of amides is 1. The molecule has 1 amide bonds. The van der Waals surface area contributed by atoms with Crippen molar-refractivity contribution in [3.63, 3.8) is 0 Å². The molecule has 106 valence electrons. The third kappa shape index (κ3) is 2.64. The van der Waals surface area contributed by atoms with Crippen molar-refractivity contribution in [2.75, 3.05) is 14.2 Å². The van der Waals surface area contributed by atoms with Gasteiger partial charge in [-0.2, -0.15) is 0 Å². The number of pyridine rings is 1. The molecule has 1 aromatic carbocycles. The molecule has 0 atom stereocenters. The smallest absolute Gasteiger partial charge is 0.265 e. The quantitative estimate of drug-likeness (QED) is 0.629. The monoisotopic (exact) mass is 316 g/mol. The second-order valence-electron chi connectivity index (χ2n) is 4.54. The molecule has 1 aliphatic heterocycles. The highest BCUT2D eigenvalue weighted by molar-refractivity contribution is 8.26. The summed E-state index contributed by atoms with van der Waals surface area (Å²) in [5.74, 6) is 0.713. The van der Waals surface area contributed by atoms with E-state index < -0.39 is 0 Å². The van der Waals surface area contributed by atoms with Gasteiger partial charge in [0.15, 0.2) is 0 Å². The average Bonchev–Trinajstić information content (AvgIpc) is 2.74. The van der Waals surface area contributed by atoms with Gasteiger partial charge in [0.25, 0.3) is 5.91 Å². The highest BCUT2D eigenvalue weighted by Crippen LogP contribution is 2.31. The van der Waals surface area contributed by atoms with E-state index in [-0.39, 0.29) is 5.91 Å². The van der Waals surface area contributed by atoms with Gasteiger partial charge in [-0.1, -0.05) is 30.0 Å². The van der Waals surface area contributed by atoms with Crippen LogP contribution in [0.15, 0.2) is 35.2 Å². The Morgan fingerprint density at radius 1 is 1.33 bits per heavy atom. The number of aromatic nitrogens is 1. The van der Waals surface area contributed by atoms with Crippen LogP contribution in [0.3, 0.4) is 0 Å². The van der Waals surface area contributed by atoms with Crippen molar-refractivity contribution >= 4 is 51.2 Å². The van der Waals surface area contributed by atoms with Gasteiger partial charge >= 0.3 is 0 Å². The molecular weight excluding hydrogens is 304 g/mol. The molecule has 0 spiro atoms. The van der Waals surface area contributed by atoms with Crippen LogP contribution in [0.4, 0.5) is 0 Å². The molecule has 2 heterocycles. The number of carbonyl (C=O) groups excluding carboxylic acids is 1. The Bertz CT molecular complexity index is 786. The zero-order valence-corrected chi connectivity index (χ0v) is 13.1. The summed E-state index contributed by atoms with van der Waals surface area (Å²) in [6, 6.07) is 9.53. The number of nitrogens with zero attached hydrogens (tertiary/aromatic N) is 2. The summed E-state index contributed by atoms with van der Waals surface area (Å²) in [5, 5.41) is 0.995. The summed E-state index contributed by atoms with van der Waals surface area (Å²) >= 11 is 6.41. The lowest BCUT2D eigenvalue weighted by Crippen LogP contribution is -2.22. The van der Waals surface area contributed by atoms with Gasteiger partial charge in [0.1, 0.15) is 10.1 Å². The maximum Gasteiger partial charge on any atom is 0.265 e. The van der Waals surface area contributed by atoms with E-state index in [4.69, 9.17) is 17.0 Å². The fourth-order valence-corrected chi connectivity index (χ4v) is 3.17. The second-order valence-corrected chi connectivity index (χ2v) is 6.21. The SMILES string of the molecule is COc1ccc2nc(/C=C3\SC(=S)N(C)C3=O)ccc2c1. The van der Waals surface area contributed by atoms with Gasteiger partial charge in [0.05, 0.1) is 23.2 Å². The minimum Gasteiger partial charge on any atom is -0.497 e. The zero-order chi connectivity index (χ0) is 15.0. The van der Waals surface area contributed by atoms with Gasteiger partial charge in [0, 0.05) is 12.4 Å². The Balaban J connectivity index is 1.99. The number of carbonyl (C=O) groups is 1. The summed E-state index contributed by atoms with van der Waals surface area (Å²) in [6.07, 6.45) is 1.77. The minimum absolute atomic E-state index is 0.0818. The predicted molar refractivity (Wildman–Crippen MR) is 89.2 cm³/mol. The van der Waals surface area contributed by atoms with Gasteiger partial charge in [-0.05, 0) is 30.3 Å². The maximum atomic E-state index is 12.0. The van der Waals surface area contributed by atoms with Gasteiger partial charge < -0.3 is 4.74 Å². The van der Waals surface area contributed by atoms with E-state index in [1.54, 1.807) is 20.2 Å². The van der Waals surface area contributed by atoms with E-state index in [1.807, 2.05) is 30.3 Å². The van der Waals surface area contributed by atoms with Crippen LogP contribution >= 0.6 is 24.0 Å². The van der Waals surface area contributed by atoms with Crippen LogP contribution in [0.25, 0.3) is 17.0 Å². The fraction of sp³-hybridized carbons (Fsp3) is 0.133. The van der Waals surface area contributed by atoms with Crippen molar-refractivity contribution in [1.82, 2.24) is 9.88 Å². The molecular formula is C15H12N2O2S2. The Hall–Kier alpha value is -1.92. The van der Waals surface area contributed by atoms with Gasteiger partial charge in [-0.25, -0.2) is 4.98 Å². The van der Waals surface area contributed by atoms with Crippen LogP contribution < -0.4 is 4.74 Å². The highest BCUT2D eigenvalue weighted by Gasteiger charge is 2.28. The number of rotatable bonds is 2. The van der Waals surface area contributed by atoms with E-state index in [2.05, 4.69) is 4.98 Å².